The Morgan fingerprint density at radius 2 is 1.92 bits per heavy atom. The van der Waals surface area contributed by atoms with E-state index in [1.54, 1.807) is 6.92 Å². The van der Waals surface area contributed by atoms with Crippen LogP contribution in [0.4, 0.5) is 5.69 Å². The summed E-state index contributed by atoms with van der Waals surface area (Å²) in [6, 6.07) is 5.84. The first-order valence-electron chi connectivity index (χ1n) is 8.12. The summed E-state index contributed by atoms with van der Waals surface area (Å²) in [4.78, 5) is 31.6. The van der Waals surface area contributed by atoms with E-state index in [4.69, 9.17) is 0 Å². The lowest BCUT2D eigenvalue weighted by Crippen LogP contribution is -2.30. The Morgan fingerprint density at radius 1 is 1.20 bits per heavy atom. The van der Waals surface area contributed by atoms with Crippen molar-refractivity contribution >= 4 is 33.1 Å². The largest absolute Gasteiger partial charge is 0.324 e. The highest BCUT2D eigenvalue weighted by Crippen LogP contribution is 2.26. The molecule has 0 aliphatic carbocycles. The number of hydrogen-bond donors (Lipinski definition) is 1. The van der Waals surface area contributed by atoms with Crippen LogP contribution in [0.15, 0.2) is 23.0 Å². The minimum Gasteiger partial charge on any atom is -0.324 e. The van der Waals surface area contributed by atoms with Gasteiger partial charge in [0, 0.05) is 10.6 Å². The lowest BCUT2D eigenvalue weighted by molar-refractivity contribution is -0.116. The van der Waals surface area contributed by atoms with Gasteiger partial charge in [-0.15, -0.1) is 11.3 Å². The maximum atomic E-state index is 12.8. The number of carbonyl (C=O) groups excluding carboxylic acids is 1. The molecule has 0 radical (unpaired) electrons. The van der Waals surface area contributed by atoms with Gasteiger partial charge >= 0.3 is 0 Å². The number of aryl methyl sites for hydroxylation is 5. The third-order valence-corrected chi connectivity index (χ3v) is 5.54. The minimum absolute atomic E-state index is 0.0464. The Morgan fingerprint density at radius 3 is 2.60 bits per heavy atom. The molecule has 3 rings (SSSR count). The van der Waals surface area contributed by atoms with Crippen LogP contribution in [0.2, 0.25) is 0 Å². The molecular formula is C19H21N3O2S. The smallest absolute Gasteiger partial charge is 0.263 e. The molecule has 130 valence electrons. The number of thiophene rings is 1. The van der Waals surface area contributed by atoms with Gasteiger partial charge in [0.05, 0.1) is 5.39 Å². The molecule has 0 fully saturated rings. The Bertz CT molecular complexity index is 1050. The summed E-state index contributed by atoms with van der Waals surface area (Å²) in [6.07, 6.45) is 0. The predicted molar refractivity (Wildman–Crippen MR) is 103 cm³/mol. The second kappa shape index (κ2) is 6.44. The molecule has 5 nitrogen and oxygen atoms in total. The van der Waals surface area contributed by atoms with Crippen molar-refractivity contribution in [1.82, 2.24) is 9.55 Å². The average molecular weight is 355 g/mol. The number of amides is 1. The van der Waals surface area contributed by atoms with E-state index < -0.39 is 0 Å². The molecule has 0 spiro atoms. The number of rotatable bonds is 3. The lowest BCUT2D eigenvalue weighted by Gasteiger charge is -2.12. The van der Waals surface area contributed by atoms with Crippen molar-refractivity contribution < 1.29 is 4.79 Å². The number of carbonyl (C=O) groups is 1. The summed E-state index contributed by atoms with van der Waals surface area (Å²) in [7, 11) is 0. The second-order valence-electron chi connectivity index (χ2n) is 6.38. The van der Waals surface area contributed by atoms with Crippen LogP contribution in [0.1, 0.15) is 27.4 Å². The summed E-state index contributed by atoms with van der Waals surface area (Å²) in [5, 5.41) is 3.50. The molecule has 0 bridgehead atoms. The lowest BCUT2D eigenvalue weighted by atomic mass is 10.1. The monoisotopic (exact) mass is 355 g/mol. The topological polar surface area (TPSA) is 64.0 Å². The maximum absolute atomic E-state index is 12.8. The summed E-state index contributed by atoms with van der Waals surface area (Å²) in [5.41, 5.74) is 3.69. The summed E-state index contributed by atoms with van der Waals surface area (Å²) in [6.45, 7) is 9.57. The van der Waals surface area contributed by atoms with Crippen molar-refractivity contribution in [2.75, 3.05) is 5.32 Å². The molecule has 1 amide bonds. The zero-order valence-electron chi connectivity index (χ0n) is 15.1. The van der Waals surface area contributed by atoms with Gasteiger partial charge in [0.2, 0.25) is 5.91 Å². The van der Waals surface area contributed by atoms with Gasteiger partial charge in [-0.05, 0) is 51.8 Å². The van der Waals surface area contributed by atoms with E-state index in [0.717, 1.165) is 32.1 Å². The molecule has 1 aromatic carbocycles. The minimum atomic E-state index is -0.233. The molecule has 0 unspecified atom stereocenters. The fourth-order valence-corrected chi connectivity index (χ4v) is 3.97. The van der Waals surface area contributed by atoms with Crippen molar-refractivity contribution in [3.8, 4) is 0 Å². The Hall–Kier alpha value is -2.47. The van der Waals surface area contributed by atoms with E-state index in [9.17, 15) is 9.59 Å². The van der Waals surface area contributed by atoms with E-state index in [1.807, 2.05) is 45.9 Å². The number of nitrogens with zero attached hydrogens (tertiary/aromatic N) is 2. The van der Waals surface area contributed by atoms with Crippen molar-refractivity contribution in [2.45, 2.75) is 41.2 Å². The molecule has 0 saturated heterocycles. The van der Waals surface area contributed by atoms with E-state index >= 15 is 0 Å². The van der Waals surface area contributed by atoms with Crippen LogP contribution in [0.5, 0.6) is 0 Å². The molecule has 25 heavy (non-hydrogen) atoms. The highest BCUT2D eigenvalue weighted by molar-refractivity contribution is 7.18. The number of anilines is 1. The van der Waals surface area contributed by atoms with Crippen LogP contribution >= 0.6 is 11.3 Å². The molecule has 2 heterocycles. The van der Waals surface area contributed by atoms with Crippen LogP contribution in [-0.4, -0.2) is 15.5 Å². The first kappa shape index (κ1) is 17.4. The van der Waals surface area contributed by atoms with Gasteiger partial charge in [0.25, 0.3) is 5.56 Å². The number of aromatic nitrogens is 2. The van der Waals surface area contributed by atoms with Gasteiger partial charge in [-0.3, -0.25) is 14.2 Å². The molecule has 2 aromatic heterocycles. The van der Waals surface area contributed by atoms with Crippen LogP contribution in [0.3, 0.4) is 0 Å². The van der Waals surface area contributed by atoms with Gasteiger partial charge < -0.3 is 5.32 Å². The summed E-state index contributed by atoms with van der Waals surface area (Å²) < 4.78 is 1.44. The van der Waals surface area contributed by atoms with Gasteiger partial charge in [0.15, 0.2) is 0 Å². The van der Waals surface area contributed by atoms with E-state index in [-0.39, 0.29) is 18.0 Å². The van der Waals surface area contributed by atoms with Gasteiger partial charge in [-0.25, -0.2) is 4.98 Å². The zero-order chi connectivity index (χ0) is 18.3. The third-order valence-electron chi connectivity index (χ3n) is 4.44. The molecule has 0 aliphatic heterocycles. The third kappa shape index (κ3) is 3.22. The highest BCUT2D eigenvalue weighted by atomic mass is 32.1. The maximum Gasteiger partial charge on any atom is 0.263 e. The number of fused-ring (bicyclic) bond motifs is 1. The normalized spacial score (nSPS) is 11.1. The number of hydrogen-bond acceptors (Lipinski definition) is 4. The van der Waals surface area contributed by atoms with Crippen LogP contribution in [0.25, 0.3) is 10.2 Å². The van der Waals surface area contributed by atoms with Crippen LogP contribution in [-0.2, 0) is 11.3 Å². The fraction of sp³-hybridized carbons (Fsp3) is 0.316. The standard InChI is InChI=1S/C19H21N3O2S/c1-10-6-7-15(11(2)8-10)21-16(23)9-22-14(5)20-18-17(19(22)24)12(3)13(4)25-18/h6-8H,9H2,1-5H3,(H,21,23). The Kier molecular flexibility index (Phi) is 4.47. The van der Waals surface area contributed by atoms with E-state index in [0.29, 0.717) is 11.2 Å². The highest BCUT2D eigenvalue weighted by Gasteiger charge is 2.16. The predicted octanol–water partition coefficient (Wildman–Crippen LogP) is 3.64. The van der Waals surface area contributed by atoms with Gasteiger partial charge in [0.1, 0.15) is 17.2 Å². The van der Waals surface area contributed by atoms with Crippen LogP contribution < -0.4 is 10.9 Å². The molecule has 0 atom stereocenters. The average Bonchev–Trinajstić information content (AvgIpc) is 2.81. The quantitative estimate of drug-likeness (QED) is 0.780. The molecule has 3 aromatic rings. The Labute approximate surface area is 150 Å². The van der Waals surface area contributed by atoms with Crippen molar-refractivity contribution in [2.24, 2.45) is 0 Å². The SMILES string of the molecule is Cc1ccc(NC(=O)Cn2c(C)nc3sc(C)c(C)c3c2=O)c(C)c1. The van der Waals surface area contributed by atoms with E-state index in [2.05, 4.69) is 10.3 Å². The summed E-state index contributed by atoms with van der Waals surface area (Å²) >= 11 is 1.52. The zero-order valence-corrected chi connectivity index (χ0v) is 15.9. The molecule has 6 heteroatoms. The second-order valence-corrected chi connectivity index (χ2v) is 7.58. The fourth-order valence-electron chi connectivity index (χ4n) is 2.90. The molecular weight excluding hydrogens is 334 g/mol. The van der Waals surface area contributed by atoms with E-state index in [1.165, 1.54) is 15.9 Å². The number of nitrogens with one attached hydrogen (secondary N) is 1. The van der Waals surface area contributed by atoms with Gasteiger partial charge in [-0.2, -0.15) is 0 Å². The molecule has 1 N–H and O–H groups in total. The molecule has 0 aliphatic rings. The van der Waals surface area contributed by atoms with Crippen molar-refractivity contribution in [3.63, 3.8) is 0 Å². The van der Waals surface area contributed by atoms with Crippen LogP contribution in [0, 0.1) is 34.6 Å². The first-order chi connectivity index (χ1) is 11.8. The number of benzene rings is 1. The summed E-state index contributed by atoms with van der Waals surface area (Å²) in [5.74, 6) is 0.317. The molecule has 0 saturated carbocycles. The van der Waals surface area contributed by atoms with Crippen molar-refractivity contribution in [1.29, 1.82) is 0 Å². The van der Waals surface area contributed by atoms with Crippen molar-refractivity contribution in [3.05, 3.63) is 55.9 Å². The van der Waals surface area contributed by atoms with Gasteiger partial charge in [-0.1, -0.05) is 17.7 Å². The Balaban J connectivity index is 1.93. The first-order valence-corrected chi connectivity index (χ1v) is 8.94.